The number of rotatable bonds is 4. The van der Waals surface area contributed by atoms with Gasteiger partial charge in [-0.1, -0.05) is 0 Å². The summed E-state index contributed by atoms with van der Waals surface area (Å²) in [5, 5.41) is 4.08. The Bertz CT molecular complexity index is 514. The maximum absolute atomic E-state index is 12.0. The molecule has 0 atom stereocenters. The Balaban J connectivity index is 2.20. The van der Waals surface area contributed by atoms with Gasteiger partial charge in [0.1, 0.15) is 11.4 Å². The monoisotopic (exact) mass is 230 g/mol. The lowest BCUT2D eigenvalue weighted by molar-refractivity contribution is 0.103. The number of hydrogen-bond acceptors (Lipinski definition) is 3. The van der Waals surface area contributed by atoms with Crippen molar-refractivity contribution in [2.45, 2.75) is 6.92 Å². The standard InChI is InChI=1S/C13H14N2O2/c1-3-17-11-6-4-10(5-7-11)13(16)12-8-9-15(2)14-12/h4-9H,3H2,1-2H3. The predicted octanol–water partition coefficient (Wildman–Crippen LogP) is 2.05. The minimum Gasteiger partial charge on any atom is -0.494 e. The number of carbonyl (C=O) groups is 1. The third kappa shape index (κ3) is 2.53. The van der Waals surface area contributed by atoms with E-state index in [9.17, 15) is 4.79 Å². The molecule has 17 heavy (non-hydrogen) atoms. The Labute approximate surface area is 99.8 Å². The SMILES string of the molecule is CCOc1ccc(C(=O)c2ccn(C)n2)cc1. The molecule has 1 heterocycles. The van der Waals surface area contributed by atoms with E-state index < -0.39 is 0 Å². The van der Waals surface area contributed by atoms with Crippen LogP contribution in [0, 0.1) is 0 Å². The summed E-state index contributed by atoms with van der Waals surface area (Å²) in [6.45, 7) is 2.54. The second-order valence-electron chi connectivity index (χ2n) is 3.66. The highest BCUT2D eigenvalue weighted by molar-refractivity contribution is 6.07. The number of aryl methyl sites for hydroxylation is 1. The molecule has 1 aromatic heterocycles. The first-order chi connectivity index (χ1) is 8.20. The molecule has 4 heteroatoms. The molecule has 0 unspecified atom stereocenters. The van der Waals surface area contributed by atoms with E-state index in [4.69, 9.17) is 4.74 Å². The molecule has 0 radical (unpaired) electrons. The van der Waals surface area contributed by atoms with Crippen molar-refractivity contribution in [3.05, 3.63) is 47.8 Å². The van der Waals surface area contributed by atoms with Gasteiger partial charge in [0, 0.05) is 18.8 Å². The van der Waals surface area contributed by atoms with E-state index in [0.717, 1.165) is 5.75 Å². The lowest BCUT2D eigenvalue weighted by atomic mass is 10.1. The number of nitrogens with zero attached hydrogens (tertiary/aromatic N) is 2. The topological polar surface area (TPSA) is 44.1 Å². The number of benzene rings is 1. The number of ether oxygens (including phenoxy) is 1. The van der Waals surface area contributed by atoms with Crippen LogP contribution < -0.4 is 4.74 Å². The van der Waals surface area contributed by atoms with Crippen LogP contribution in [0.4, 0.5) is 0 Å². The fourth-order valence-corrected chi connectivity index (χ4v) is 1.55. The normalized spacial score (nSPS) is 10.2. The minimum absolute atomic E-state index is 0.0753. The Kier molecular flexibility index (Phi) is 3.23. The molecular formula is C13H14N2O2. The average molecular weight is 230 g/mol. The molecule has 2 aromatic rings. The first-order valence-corrected chi connectivity index (χ1v) is 5.48. The minimum atomic E-state index is -0.0753. The Morgan fingerprint density at radius 1 is 1.29 bits per heavy atom. The summed E-state index contributed by atoms with van der Waals surface area (Å²) in [4.78, 5) is 12.0. The van der Waals surface area contributed by atoms with Crippen molar-refractivity contribution in [2.24, 2.45) is 7.05 Å². The number of hydrogen-bond donors (Lipinski definition) is 0. The van der Waals surface area contributed by atoms with Crippen molar-refractivity contribution < 1.29 is 9.53 Å². The summed E-state index contributed by atoms with van der Waals surface area (Å²) in [6, 6.07) is 8.79. The van der Waals surface area contributed by atoms with E-state index in [1.54, 1.807) is 48.3 Å². The molecule has 0 aliphatic rings. The number of carbonyl (C=O) groups excluding carboxylic acids is 1. The maximum Gasteiger partial charge on any atom is 0.213 e. The zero-order valence-corrected chi connectivity index (χ0v) is 9.88. The van der Waals surface area contributed by atoms with Crippen molar-refractivity contribution in [1.29, 1.82) is 0 Å². The lowest BCUT2D eigenvalue weighted by Crippen LogP contribution is -2.03. The van der Waals surface area contributed by atoms with Gasteiger partial charge in [-0.2, -0.15) is 5.10 Å². The molecule has 1 aromatic carbocycles. The van der Waals surface area contributed by atoms with Gasteiger partial charge >= 0.3 is 0 Å². The molecule has 0 saturated carbocycles. The highest BCUT2D eigenvalue weighted by Gasteiger charge is 2.11. The Morgan fingerprint density at radius 3 is 2.53 bits per heavy atom. The highest BCUT2D eigenvalue weighted by Crippen LogP contribution is 2.14. The summed E-state index contributed by atoms with van der Waals surface area (Å²) >= 11 is 0. The third-order valence-corrected chi connectivity index (χ3v) is 2.37. The smallest absolute Gasteiger partial charge is 0.213 e. The predicted molar refractivity (Wildman–Crippen MR) is 64.3 cm³/mol. The van der Waals surface area contributed by atoms with Crippen LogP contribution in [-0.4, -0.2) is 22.2 Å². The molecule has 0 spiro atoms. The number of aromatic nitrogens is 2. The van der Waals surface area contributed by atoms with Crippen molar-refractivity contribution in [3.63, 3.8) is 0 Å². The van der Waals surface area contributed by atoms with Crippen LogP contribution in [0.2, 0.25) is 0 Å². The summed E-state index contributed by atoms with van der Waals surface area (Å²) in [5.41, 5.74) is 1.07. The van der Waals surface area contributed by atoms with Crippen LogP contribution in [0.1, 0.15) is 23.0 Å². The highest BCUT2D eigenvalue weighted by atomic mass is 16.5. The van der Waals surface area contributed by atoms with Gasteiger partial charge in [-0.3, -0.25) is 9.48 Å². The Morgan fingerprint density at radius 2 is 2.00 bits per heavy atom. The summed E-state index contributed by atoms with van der Waals surface area (Å²) in [5.74, 6) is 0.693. The van der Waals surface area contributed by atoms with Gasteiger partial charge in [-0.25, -0.2) is 0 Å². The summed E-state index contributed by atoms with van der Waals surface area (Å²) in [7, 11) is 1.79. The van der Waals surface area contributed by atoms with E-state index in [2.05, 4.69) is 5.10 Å². The van der Waals surface area contributed by atoms with Crippen LogP contribution in [0.5, 0.6) is 5.75 Å². The summed E-state index contributed by atoms with van der Waals surface area (Å²) < 4.78 is 6.93. The van der Waals surface area contributed by atoms with Crippen LogP contribution in [0.25, 0.3) is 0 Å². The van der Waals surface area contributed by atoms with Crippen LogP contribution in [0.3, 0.4) is 0 Å². The second kappa shape index (κ2) is 4.82. The van der Waals surface area contributed by atoms with Gasteiger partial charge in [0.25, 0.3) is 0 Å². The molecule has 0 fully saturated rings. The van der Waals surface area contributed by atoms with E-state index >= 15 is 0 Å². The Hall–Kier alpha value is -2.10. The molecule has 2 rings (SSSR count). The molecule has 0 bridgehead atoms. The van der Waals surface area contributed by atoms with E-state index in [1.807, 2.05) is 6.92 Å². The van der Waals surface area contributed by atoms with E-state index in [-0.39, 0.29) is 5.78 Å². The van der Waals surface area contributed by atoms with Gasteiger partial charge in [0.2, 0.25) is 5.78 Å². The van der Waals surface area contributed by atoms with Crippen molar-refractivity contribution in [2.75, 3.05) is 6.61 Å². The zero-order chi connectivity index (χ0) is 12.3. The lowest BCUT2D eigenvalue weighted by Gasteiger charge is -2.03. The molecule has 0 saturated heterocycles. The van der Waals surface area contributed by atoms with E-state index in [1.165, 1.54) is 0 Å². The molecular weight excluding hydrogens is 216 g/mol. The van der Waals surface area contributed by atoms with E-state index in [0.29, 0.717) is 17.9 Å². The average Bonchev–Trinajstić information content (AvgIpc) is 2.76. The zero-order valence-electron chi connectivity index (χ0n) is 9.88. The molecule has 0 aliphatic heterocycles. The van der Waals surface area contributed by atoms with Gasteiger partial charge in [-0.15, -0.1) is 0 Å². The third-order valence-electron chi connectivity index (χ3n) is 2.37. The maximum atomic E-state index is 12.0. The van der Waals surface area contributed by atoms with Crippen LogP contribution in [0.15, 0.2) is 36.5 Å². The molecule has 0 N–H and O–H groups in total. The van der Waals surface area contributed by atoms with Gasteiger partial charge in [-0.05, 0) is 37.3 Å². The fourth-order valence-electron chi connectivity index (χ4n) is 1.55. The summed E-state index contributed by atoms with van der Waals surface area (Å²) in [6.07, 6.45) is 1.75. The van der Waals surface area contributed by atoms with Gasteiger partial charge in [0.15, 0.2) is 0 Å². The molecule has 4 nitrogen and oxygen atoms in total. The first-order valence-electron chi connectivity index (χ1n) is 5.48. The van der Waals surface area contributed by atoms with Gasteiger partial charge in [0.05, 0.1) is 6.61 Å². The van der Waals surface area contributed by atoms with Crippen LogP contribution >= 0.6 is 0 Å². The molecule has 88 valence electrons. The largest absolute Gasteiger partial charge is 0.494 e. The van der Waals surface area contributed by atoms with Crippen molar-refractivity contribution in [3.8, 4) is 5.75 Å². The first kappa shape index (κ1) is 11.4. The van der Waals surface area contributed by atoms with Crippen LogP contribution in [-0.2, 0) is 7.05 Å². The second-order valence-corrected chi connectivity index (χ2v) is 3.66. The molecule has 0 amide bonds. The van der Waals surface area contributed by atoms with Crippen molar-refractivity contribution in [1.82, 2.24) is 9.78 Å². The number of ketones is 1. The fraction of sp³-hybridized carbons (Fsp3) is 0.231. The van der Waals surface area contributed by atoms with Gasteiger partial charge < -0.3 is 4.74 Å². The van der Waals surface area contributed by atoms with Crippen molar-refractivity contribution >= 4 is 5.78 Å². The molecule has 0 aliphatic carbocycles. The quantitative estimate of drug-likeness (QED) is 0.755.